The molecule has 23 heavy (non-hydrogen) atoms. The van der Waals surface area contributed by atoms with Crippen molar-refractivity contribution < 1.29 is 0 Å². The summed E-state index contributed by atoms with van der Waals surface area (Å²) in [5.41, 5.74) is 4.51. The SMILES string of the molecule is CCC1(Nc2ccc3[nH]c4c(C)nccc4c3c2)C=CC=CC1. The van der Waals surface area contributed by atoms with Crippen LogP contribution in [0, 0.1) is 6.92 Å². The molecule has 3 heteroatoms. The van der Waals surface area contributed by atoms with Gasteiger partial charge in [0.05, 0.1) is 16.7 Å². The second kappa shape index (κ2) is 5.27. The van der Waals surface area contributed by atoms with Gasteiger partial charge in [-0.25, -0.2) is 0 Å². The average molecular weight is 303 g/mol. The van der Waals surface area contributed by atoms with Gasteiger partial charge >= 0.3 is 0 Å². The maximum absolute atomic E-state index is 4.38. The summed E-state index contributed by atoms with van der Waals surface area (Å²) in [5.74, 6) is 0. The molecule has 116 valence electrons. The summed E-state index contributed by atoms with van der Waals surface area (Å²) in [6.45, 7) is 4.28. The van der Waals surface area contributed by atoms with Gasteiger partial charge in [-0.3, -0.25) is 4.98 Å². The molecule has 3 nitrogen and oxygen atoms in total. The van der Waals surface area contributed by atoms with Gasteiger partial charge in [-0.05, 0) is 44.0 Å². The zero-order valence-corrected chi connectivity index (χ0v) is 13.6. The van der Waals surface area contributed by atoms with Gasteiger partial charge in [-0.2, -0.15) is 0 Å². The van der Waals surface area contributed by atoms with Crippen LogP contribution in [0.3, 0.4) is 0 Å². The van der Waals surface area contributed by atoms with Gasteiger partial charge in [0.25, 0.3) is 0 Å². The molecule has 1 aromatic carbocycles. The molecule has 0 radical (unpaired) electrons. The maximum Gasteiger partial charge on any atom is 0.0681 e. The molecule has 1 atom stereocenters. The molecule has 2 heterocycles. The van der Waals surface area contributed by atoms with Crippen molar-refractivity contribution in [1.82, 2.24) is 9.97 Å². The first kappa shape index (κ1) is 14.1. The van der Waals surface area contributed by atoms with Crippen LogP contribution in [0.1, 0.15) is 25.5 Å². The number of allylic oxidation sites excluding steroid dienone is 2. The Morgan fingerprint density at radius 2 is 2.13 bits per heavy atom. The third kappa shape index (κ3) is 2.33. The first-order valence-electron chi connectivity index (χ1n) is 8.20. The number of hydrogen-bond donors (Lipinski definition) is 2. The minimum absolute atomic E-state index is 0.0199. The number of pyridine rings is 1. The van der Waals surface area contributed by atoms with Crippen LogP contribution in [0.4, 0.5) is 5.69 Å². The van der Waals surface area contributed by atoms with Crippen molar-refractivity contribution in [3.05, 3.63) is 60.5 Å². The minimum atomic E-state index is 0.0199. The molecular weight excluding hydrogens is 282 g/mol. The zero-order chi connectivity index (χ0) is 15.9. The highest BCUT2D eigenvalue weighted by Crippen LogP contribution is 2.32. The van der Waals surface area contributed by atoms with Gasteiger partial charge in [0.15, 0.2) is 0 Å². The molecule has 0 amide bonds. The normalized spacial score (nSPS) is 20.4. The smallest absolute Gasteiger partial charge is 0.0681 e. The molecule has 0 bridgehead atoms. The maximum atomic E-state index is 4.38. The number of nitrogens with zero attached hydrogens (tertiary/aromatic N) is 1. The molecule has 0 saturated carbocycles. The molecule has 4 rings (SSSR count). The fourth-order valence-corrected chi connectivity index (χ4v) is 3.43. The van der Waals surface area contributed by atoms with Crippen LogP contribution >= 0.6 is 0 Å². The lowest BCUT2D eigenvalue weighted by atomic mass is 9.88. The predicted octanol–water partition coefficient (Wildman–Crippen LogP) is 5.10. The van der Waals surface area contributed by atoms with Crippen LogP contribution in [-0.2, 0) is 0 Å². The Kier molecular flexibility index (Phi) is 3.22. The first-order valence-corrected chi connectivity index (χ1v) is 8.20. The number of nitrogens with one attached hydrogen (secondary N) is 2. The fraction of sp³-hybridized carbons (Fsp3) is 0.250. The molecule has 0 fully saturated rings. The van der Waals surface area contributed by atoms with E-state index in [4.69, 9.17) is 0 Å². The lowest BCUT2D eigenvalue weighted by Gasteiger charge is -2.32. The summed E-state index contributed by atoms with van der Waals surface area (Å²) in [7, 11) is 0. The van der Waals surface area contributed by atoms with Crippen molar-refractivity contribution in [1.29, 1.82) is 0 Å². The van der Waals surface area contributed by atoms with Crippen molar-refractivity contribution in [3.8, 4) is 0 Å². The second-order valence-electron chi connectivity index (χ2n) is 6.33. The van der Waals surface area contributed by atoms with Crippen LogP contribution in [0.25, 0.3) is 21.8 Å². The van der Waals surface area contributed by atoms with E-state index in [0.29, 0.717) is 0 Å². The van der Waals surface area contributed by atoms with E-state index in [1.54, 1.807) is 0 Å². The second-order valence-corrected chi connectivity index (χ2v) is 6.33. The Bertz CT molecular complexity index is 933. The van der Waals surface area contributed by atoms with Crippen LogP contribution in [-0.4, -0.2) is 15.5 Å². The lowest BCUT2D eigenvalue weighted by Crippen LogP contribution is -2.35. The van der Waals surface area contributed by atoms with Gasteiger partial charge < -0.3 is 10.3 Å². The van der Waals surface area contributed by atoms with E-state index in [1.807, 2.05) is 13.1 Å². The van der Waals surface area contributed by atoms with E-state index in [1.165, 1.54) is 10.8 Å². The molecule has 1 aliphatic rings. The zero-order valence-electron chi connectivity index (χ0n) is 13.6. The Morgan fingerprint density at radius 1 is 1.22 bits per heavy atom. The van der Waals surface area contributed by atoms with E-state index >= 15 is 0 Å². The highest BCUT2D eigenvalue weighted by atomic mass is 15.0. The quantitative estimate of drug-likeness (QED) is 0.706. The Hall–Kier alpha value is -2.55. The average Bonchev–Trinajstić information content (AvgIpc) is 2.95. The number of fused-ring (bicyclic) bond motifs is 3. The van der Waals surface area contributed by atoms with Crippen molar-refractivity contribution in [2.75, 3.05) is 5.32 Å². The van der Waals surface area contributed by atoms with Gasteiger partial charge in [0.1, 0.15) is 0 Å². The van der Waals surface area contributed by atoms with Crippen LogP contribution < -0.4 is 5.32 Å². The van der Waals surface area contributed by atoms with Crippen molar-refractivity contribution >= 4 is 27.5 Å². The number of aromatic nitrogens is 2. The Labute approximate surface area is 136 Å². The van der Waals surface area contributed by atoms with Crippen molar-refractivity contribution in [2.24, 2.45) is 0 Å². The molecular formula is C20H21N3. The van der Waals surface area contributed by atoms with Gasteiger partial charge in [0.2, 0.25) is 0 Å². The molecule has 0 spiro atoms. The van der Waals surface area contributed by atoms with Crippen LogP contribution in [0.2, 0.25) is 0 Å². The lowest BCUT2D eigenvalue weighted by molar-refractivity contribution is 0.557. The standard InChI is InChI=1S/C20H21N3/c1-3-20(10-5-4-6-11-20)23-15-7-8-18-17(13-15)16-9-12-21-14(2)19(16)22-18/h4-10,12-13,22-23H,3,11H2,1-2H3. The predicted molar refractivity (Wildman–Crippen MR) is 97.9 cm³/mol. The topological polar surface area (TPSA) is 40.7 Å². The summed E-state index contributed by atoms with van der Waals surface area (Å²) >= 11 is 0. The Morgan fingerprint density at radius 3 is 2.91 bits per heavy atom. The van der Waals surface area contributed by atoms with E-state index in [2.05, 4.69) is 70.8 Å². The number of H-pyrrole nitrogens is 1. The number of aromatic amines is 1. The monoisotopic (exact) mass is 303 g/mol. The highest BCUT2D eigenvalue weighted by Gasteiger charge is 2.24. The molecule has 2 aromatic heterocycles. The summed E-state index contributed by atoms with van der Waals surface area (Å²) in [5, 5.41) is 6.22. The number of hydrogen-bond acceptors (Lipinski definition) is 2. The summed E-state index contributed by atoms with van der Waals surface area (Å²) < 4.78 is 0. The van der Waals surface area contributed by atoms with E-state index < -0.39 is 0 Å². The van der Waals surface area contributed by atoms with Crippen LogP contribution in [0.5, 0.6) is 0 Å². The first-order chi connectivity index (χ1) is 11.2. The largest absolute Gasteiger partial charge is 0.376 e. The van der Waals surface area contributed by atoms with Crippen molar-refractivity contribution in [3.63, 3.8) is 0 Å². The number of anilines is 1. The molecule has 0 aliphatic heterocycles. The van der Waals surface area contributed by atoms with Gasteiger partial charge in [-0.1, -0.05) is 31.2 Å². The summed E-state index contributed by atoms with van der Waals surface area (Å²) in [6, 6.07) is 8.65. The molecule has 0 saturated heterocycles. The number of benzene rings is 1. The summed E-state index contributed by atoms with van der Waals surface area (Å²) in [4.78, 5) is 7.86. The molecule has 1 aliphatic carbocycles. The van der Waals surface area contributed by atoms with Crippen molar-refractivity contribution in [2.45, 2.75) is 32.2 Å². The molecule has 2 N–H and O–H groups in total. The van der Waals surface area contributed by atoms with Crippen LogP contribution in [0.15, 0.2) is 54.8 Å². The van der Waals surface area contributed by atoms with E-state index in [9.17, 15) is 0 Å². The highest BCUT2D eigenvalue weighted by molar-refractivity contribution is 6.08. The number of aryl methyl sites for hydroxylation is 1. The van der Waals surface area contributed by atoms with E-state index in [0.717, 1.165) is 35.3 Å². The number of rotatable bonds is 3. The van der Waals surface area contributed by atoms with Gasteiger partial charge in [0, 0.05) is 28.2 Å². The minimum Gasteiger partial charge on any atom is -0.376 e. The van der Waals surface area contributed by atoms with E-state index in [-0.39, 0.29) is 5.54 Å². The fourth-order valence-electron chi connectivity index (χ4n) is 3.43. The molecule has 1 unspecified atom stereocenters. The third-order valence-electron chi connectivity index (χ3n) is 4.88. The third-order valence-corrected chi connectivity index (χ3v) is 4.88. The molecule has 3 aromatic rings. The van der Waals surface area contributed by atoms with Gasteiger partial charge in [-0.15, -0.1) is 0 Å². The Balaban J connectivity index is 1.79. The summed E-state index contributed by atoms with van der Waals surface area (Å²) in [6.07, 6.45) is 12.7.